The van der Waals surface area contributed by atoms with Crippen LogP contribution in [0.25, 0.3) is 0 Å². The molecule has 0 bridgehead atoms. The fourth-order valence-corrected chi connectivity index (χ4v) is 1.62. The van der Waals surface area contributed by atoms with E-state index in [9.17, 15) is 19.3 Å². The minimum absolute atomic E-state index is 0.166. The summed E-state index contributed by atoms with van der Waals surface area (Å²) in [5.41, 5.74) is -0.115. The second kappa shape index (κ2) is 4.89. The van der Waals surface area contributed by atoms with Gasteiger partial charge in [-0.25, -0.2) is 0 Å². The Morgan fingerprint density at radius 1 is 1.42 bits per heavy atom. The molecule has 0 aliphatic rings. The largest absolute Gasteiger partial charge is 0.347 e. The van der Waals surface area contributed by atoms with Crippen LogP contribution >= 0.6 is 0 Å². The third kappa shape index (κ3) is 2.59. The SMILES string of the molecule is Cn1cccc1C(=O)Nc1ccc(F)c([N+](=O)[O-])c1. The van der Waals surface area contributed by atoms with E-state index in [2.05, 4.69) is 5.32 Å². The smallest absolute Gasteiger partial charge is 0.306 e. The Morgan fingerprint density at radius 2 is 2.16 bits per heavy atom. The van der Waals surface area contributed by atoms with E-state index in [0.717, 1.165) is 12.1 Å². The predicted molar refractivity (Wildman–Crippen MR) is 66.4 cm³/mol. The number of carbonyl (C=O) groups excluding carboxylic acids is 1. The van der Waals surface area contributed by atoms with Crippen LogP contribution in [-0.4, -0.2) is 15.4 Å². The van der Waals surface area contributed by atoms with Gasteiger partial charge in [0, 0.05) is 25.0 Å². The highest BCUT2D eigenvalue weighted by atomic mass is 19.1. The first kappa shape index (κ1) is 12.7. The number of anilines is 1. The van der Waals surface area contributed by atoms with Gasteiger partial charge in [0.25, 0.3) is 5.91 Å². The highest BCUT2D eigenvalue weighted by molar-refractivity contribution is 6.03. The van der Waals surface area contributed by atoms with Crippen molar-refractivity contribution in [2.24, 2.45) is 7.05 Å². The maximum Gasteiger partial charge on any atom is 0.306 e. The maximum atomic E-state index is 13.1. The van der Waals surface area contributed by atoms with Crippen LogP contribution in [-0.2, 0) is 7.05 Å². The van der Waals surface area contributed by atoms with Crippen molar-refractivity contribution in [3.8, 4) is 0 Å². The van der Waals surface area contributed by atoms with Crippen LogP contribution < -0.4 is 5.32 Å². The number of carbonyl (C=O) groups is 1. The van der Waals surface area contributed by atoms with Gasteiger partial charge in [0.05, 0.1) is 4.92 Å². The zero-order chi connectivity index (χ0) is 14.0. The summed E-state index contributed by atoms with van der Waals surface area (Å²) in [5.74, 6) is -1.37. The van der Waals surface area contributed by atoms with Gasteiger partial charge in [-0.15, -0.1) is 0 Å². The molecule has 6 nitrogen and oxygen atoms in total. The lowest BCUT2D eigenvalue weighted by molar-refractivity contribution is -0.387. The Bertz CT molecular complexity index is 651. The van der Waals surface area contributed by atoms with E-state index in [0.29, 0.717) is 5.69 Å². The lowest BCUT2D eigenvalue weighted by Crippen LogP contribution is -2.15. The van der Waals surface area contributed by atoms with Gasteiger partial charge in [-0.3, -0.25) is 14.9 Å². The first-order valence-electron chi connectivity index (χ1n) is 5.35. The monoisotopic (exact) mass is 263 g/mol. The molecule has 7 heteroatoms. The molecule has 0 aliphatic heterocycles. The third-order valence-corrected chi connectivity index (χ3v) is 2.58. The summed E-state index contributed by atoms with van der Waals surface area (Å²) in [6.45, 7) is 0. The molecule has 0 fully saturated rings. The van der Waals surface area contributed by atoms with Crippen molar-refractivity contribution < 1.29 is 14.1 Å². The number of aryl methyl sites for hydroxylation is 1. The van der Waals surface area contributed by atoms with E-state index >= 15 is 0 Å². The third-order valence-electron chi connectivity index (χ3n) is 2.58. The topological polar surface area (TPSA) is 77.2 Å². The molecule has 98 valence electrons. The van der Waals surface area contributed by atoms with Crippen LogP contribution in [0.15, 0.2) is 36.5 Å². The van der Waals surface area contributed by atoms with Crippen LogP contribution in [0.4, 0.5) is 15.8 Å². The standard InChI is InChI=1S/C12H10FN3O3/c1-15-6-2-3-10(15)12(17)14-8-4-5-9(13)11(7-8)16(18)19/h2-7H,1H3,(H,14,17). The molecule has 1 heterocycles. The number of nitro groups is 1. The molecule has 1 aromatic carbocycles. The molecule has 0 aliphatic carbocycles. The molecule has 0 unspecified atom stereocenters. The summed E-state index contributed by atoms with van der Waals surface area (Å²) < 4.78 is 14.7. The molecule has 1 N–H and O–H groups in total. The molecule has 0 atom stereocenters. The molecule has 0 spiro atoms. The zero-order valence-corrected chi connectivity index (χ0v) is 9.96. The number of nitro benzene ring substituents is 1. The second-order valence-corrected chi connectivity index (χ2v) is 3.88. The average molecular weight is 263 g/mol. The number of hydrogen-bond acceptors (Lipinski definition) is 3. The molecule has 2 rings (SSSR count). The zero-order valence-electron chi connectivity index (χ0n) is 9.96. The van der Waals surface area contributed by atoms with Gasteiger partial charge >= 0.3 is 5.69 Å². The Hall–Kier alpha value is -2.70. The molecule has 0 saturated heterocycles. The van der Waals surface area contributed by atoms with Crippen LogP contribution in [0, 0.1) is 15.9 Å². The van der Waals surface area contributed by atoms with Crippen molar-refractivity contribution >= 4 is 17.3 Å². The highest BCUT2D eigenvalue weighted by Crippen LogP contribution is 2.22. The van der Waals surface area contributed by atoms with E-state index in [-0.39, 0.29) is 5.69 Å². The Labute approximate surface area is 107 Å². The van der Waals surface area contributed by atoms with Gasteiger partial charge in [0.1, 0.15) is 5.69 Å². The Balaban J connectivity index is 2.25. The molecule has 0 radical (unpaired) electrons. The van der Waals surface area contributed by atoms with E-state index in [1.807, 2.05) is 0 Å². The molecule has 1 amide bonds. The molecule has 19 heavy (non-hydrogen) atoms. The Kier molecular flexibility index (Phi) is 3.28. The van der Waals surface area contributed by atoms with Gasteiger partial charge in [0.2, 0.25) is 5.82 Å². The number of rotatable bonds is 3. The number of benzene rings is 1. The number of halogens is 1. The van der Waals surface area contributed by atoms with Crippen molar-refractivity contribution in [1.82, 2.24) is 4.57 Å². The number of nitrogens with one attached hydrogen (secondary N) is 1. The summed E-state index contributed by atoms with van der Waals surface area (Å²) in [6, 6.07) is 6.49. The molecule has 1 aromatic heterocycles. The van der Waals surface area contributed by atoms with Gasteiger partial charge in [-0.05, 0) is 24.3 Å². The van der Waals surface area contributed by atoms with Gasteiger partial charge in [-0.2, -0.15) is 4.39 Å². The average Bonchev–Trinajstić information content (AvgIpc) is 2.77. The number of hydrogen-bond donors (Lipinski definition) is 1. The minimum atomic E-state index is -0.943. The van der Waals surface area contributed by atoms with Gasteiger partial charge < -0.3 is 9.88 Å². The second-order valence-electron chi connectivity index (χ2n) is 3.88. The van der Waals surface area contributed by atoms with Gasteiger partial charge in [-0.1, -0.05) is 0 Å². The van der Waals surface area contributed by atoms with Crippen molar-refractivity contribution in [3.63, 3.8) is 0 Å². The number of aromatic nitrogens is 1. The summed E-state index contributed by atoms with van der Waals surface area (Å²) >= 11 is 0. The van der Waals surface area contributed by atoms with Crippen molar-refractivity contribution in [3.05, 3.63) is 58.2 Å². The minimum Gasteiger partial charge on any atom is -0.347 e. The fourth-order valence-electron chi connectivity index (χ4n) is 1.62. The van der Waals surface area contributed by atoms with E-state index < -0.39 is 22.3 Å². The lowest BCUT2D eigenvalue weighted by Gasteiger charge is -2.06. The Morgan fingerprint density at radius 3 is 2.74 bits per heavy atom. The summed E-state index contributed by atoms with van der Waals surface area (Å²) in [5, 5.41) is 13.1. The van der Waals surface area contributed by atoms with Gasteiger partial charge in [0.15, 0.2) is 0 Å². The predicted octanol–water partition coefficient (Wildman–Crippen LogP) is 2.32. The summed E-state index contributed by atoms with van der Waals surface area (Å²) in [4.78, 5) is 21.6. The number of amides is 1. The fraction of sp³-hybridized carbons (Fsp3) is 0.0833. The lowest BCUT2D eigenvalue weighted by atomic mass is 10.2. The van der Waals surface area contributed by atoms with Crippen LogP contribution in [0.3, 0.4) is 0 Å². The molecular formula is C12H10FN3O3. The molecule has 2 aromatic rings. The van der Waals surface area contributed by atoms with Crippen molar-refractivity contribution in [2.45, 2.75) is 0 Å². The molecular weight excluding hydrogens is 253 g/mol. The number of nitrogens with zero attached hydrogens (tertiary/aromatic N) is 2. The summed E-state index contributed by atoms with van der Waals surface area (Å²) in [6.07, 6.45) is 1.70. The van der Waals surface area contributed by atoms with Crippen molar-refractivity contribution in [1.29, 1.82) is 0 Å². The molecule has 0 saturated carbocycles. The highest BCUT2D eigenvalue weighted by Gasteiger charge is 2.16. The van der Waals surface area contributed by atoms with Crippen LogP contribution in [0.5, 0.6) is 0 Å². The van der Waals surface area contributed by atoms with E-state index in [1.54, 1.807) is 29.9 Å². The van der Waals surface area contributed by atoms with Crippen LogP contribution in [0.2, 0.25) is 0 Å². The van der Waals surface area contributed by atoms with E-state index in [4.69, 9.17) is 0 Å². The summed E-state index contributed by atoms with van der Waals surface area (Å²) in [7, 11) is 1.70. The normalized spacial score (nSPS) is 10.2. The quantitative estimate of drug-likeness (QED) is 0.682. The van der Waals surface area contributed by atoms with Crippen LogP contribution in [0.1, 0.15) is 10.5 Å². The van der Waals surface area contributed by atoms with E-state index in [1.165, 1.54) is 6.07 Å². The maximum absolute atomic E-state index is 13.1. The van der Waals surface area contributed by atoms with Crippen molar-refractivity contribution in [2.75, 3.05) is 5.32 Å². The first-order chi connectivity index (χ1) is 8.99. The first-order valence-corrected chi connectivity index (χ1v) is 5.35.